The van der Waals surface area contributed by atoms with Gasteiger partial charge in [0.15, 0.2) is 5.65 Å². The molecule has 0 unspecified atom stereocenters. The number of aromatic nitrogens is 5. The fourth-order valence-electron chi connectivity index (χ4n) is 3.20. The Labute approximate surface area is 169 Å². The molecule has 0 aromatic carbocycles. The molecule has 0 fully saturated rings. The van der Waals surface area contributed by atoms with Gasteiger partial charge in [-0.2, -0.15) is 23.4 Å². The van der Waals surface area contributed by atoms with Crippen LogP contribution < -0.4 is 5.32 Å². The highest BCUT2D eigenvalue weighted by atomic mass is 35.5. The van der Waals surface area contributed by atoms with E-state index in [0.29, 0.717) is 17.3 Å². The summed E-state index contributed by atoms with van der Waals surface area (Å²) in [5.74, 6) is -0.390. The third-order valence-corrected chi connectivity index (χ3v) is 5.09. The van der Waals surface area contributed by atoms with Gasteiger partial charge in [-0.1, -0.05) is 11.6 Å². The molecule has 0 atom stereocenters. The van der Waals surface area contributed by atoms with Gasteiger partial charge in [-0.15, -0.1) is 0 Å². The number of aryl methyl sites for hydroxylation is 3. The summed E-state index contributed by atoms with van der Waals surface area (Å²) in [5.41, 5.74) is 1.11. The number of amides is 1. The molecule has 1 amide bonds. The van der Waals surface area contributed by atoms with E-state index in [1.54, 1.807) is 11.6 Å². The van der Waals surface area contributed by atoms with Gasteiger partial charge in [0.1, 0.15) is 6.54 Å². The highest BCUT2D eigenvalue weighted by molar-refractivity contribution is 6.31. The number of alkyl halides is 3. The van der Waals surface area contributed by atoms with E-state index in [1.807, 2.05) is 6.92 Å². The van der Waals surface area contributed by atoms with Crippen molar-refractivity contribution in [2.45, 2.75) is 47.0 Å². The Bertz CT molecular complexity index is 1090. The Hall–Kier alpha value is -2.62. The Kier molecular flexibility index (Phi) is 5.57. The monoisotopic (exact) mass is 428 g/mol. The molecule has 0 saturated carbocycles. The lowest BCUT2D eigenvalue weighted by molar-refractivity contribution is -0.136. The minimum Gasteiger partial charge on any atom is -0.353 e. The molecule has 3 aromatic rings. The normalized spacial score (nSPS) is 12.0. The molecule has 0 saturated heterocycles. The van der Waals surface area contributed by atoms with E-state index in [0.717, 1.165) is 11.8 Å². The molecule has 3 heterocycles. The Morgan fingerprint density at radius 3 is 2.38 bits per heavy atom. The quantitative estimate of drug-likeness (QED) is 0.676. The molecule has 3 rings (SSSR count). The van der Waals surface area contributed by atoms with Gasteiger partial charge in [-0.3, -0.25) is 9.48 Å². The molecule has 0 radical (unpaired) electrons. The number of hydrogen-bond donors (Lipinski definition) is 1. The average molecular weight is 429 g/mol. The number of carbonyl (C=O) groups excluding carboxylic acids is 1. The second-order valence-electron chi connectivity index (χ2n) is 6.81. The van der Waals surface area contributed by atoms with Crippen molar-refractivity contribution in [2.75, 3.05) is 6.54 Å². The van der Waals surface area contributed by atoms with Crippen LogP contribution in [-0.4, -0.2) is 37.0 Å². The summed E-state index contributed by atoms with van der Waals surface area (Å²) in [6.45, 7) is 7.02. The topological polar surface area (TPSA) is 77.6 Å². The molecule has 1 N–H and O–H groups in total. The van der Waals surface area contributed by atoms with Crippen molar-refractivity contribution in [3.05, 3.63) is 39.4 Å². The molecular formula is C18H20ClF3N6O. The van der Waals surface area contributed by atoms with E-state index < -0.39 is 11.7 Å². The smallest absolute Gasteiger partial charge is 0.353 e. The molecule has 29 heavy (non-hydrogen) atoms. The van der Waals surface area contributed by atoms with Crippen molar-refractivity contribution in [1.29, 1.82) is 0 Å². The van der Waals surface area contributed by atoms with Crippen LogP contribution in [0.15, 0.2) is 6.07 Å². The van der Waals surface area contributed by atoms with Crippen molar-refractivity contribution < 1.29 is 18.0 Å². The zero-order valence-electron chi connectivity index (χ0n) is 16.4. The summed E-state index contributed by atoms with van der Waals surface area (Å²) in [6.07, 6.45) is -4.53. The summed E-state index contributed by atoms with van der Waals surface area (Å²) in [4.78, 5) is 16.5. The number of carbonyl (C=O) groups is 1. The Morgan fingerprint density at radius 2 is 1.79 bits per heavy atom. The Balaban J connectivity index is 1.75. The zero-order valence-corrected chi connectivity index (χ0v) is 17.1. The van der Waals surface area contributed by atoms with Gasteiger partial charge >= 0.3 is 6.18 Å². The molecule has 3 aromatic heterocycles. The van der Waals surface area contributed by atoms with Gasteiger partial charge in [0, 0.05) is 12.2 Å². The predicted molar refractivity (Wildman–Crippen MR) is 102 cm³/mol. The van der Waals surface area contributed by atoms with Crippen LogP contribution in [0, 0.1) is 27.7 Å². The first kappa shape index (κ1) is 21.1. The van der Waals surface area contributed by atoms with Crippen LogP contribution in [-0.2, 0) is 24.1 Å². The fraction of sp³-hybridized carbons (Fsp3) is 0.444. The molecule has 0 bridgehead atoms. The number of rotatable bonds is 5. The maximum absolute atomic E-state index is 13.4. The van der Waals surface area contributed by atoms with Gasteiger partial charge in [-0.25, -0.2) is 9.67 Å². The average Bonchev–Trinajstić information content (AvgIpc) is 3.05. The number of nitrogens with zero attached hydrogens (tertiary/aromatic N) is 5. The molecule has 0 spiro atoms. The molecule has 7 nitrogen and oxygen atoms in total. The van der Waals surface area contributed by atoms with Crippen LogP contribution in [0.25, 0.3) is 11.0 Å². The predicted octanol–water partition coefficient (Wildman–Crippen LogP) is 3.35. The third-order valence-electron chi connectivity index (χ3n) is 4.54. The maximum atomic E-state index is 13.4. The van der Waals surface area contributed by atoms with Crippen LogP contribution >= 0.6 is 11.6 Å². The first-order valence-corrected chi connectivity index (χ1v) is 9.25. The lowest BCUT2D eigenvalue weighted by Gasteiger charge is -2.10. The SMILES string of the molecule is Cc1cc(C(F)(F)F)c2c(C)nn(CC(=O)NCCn3nc(C)c(Cl)c3C)c2n1. The van der Waals surface area contributed by atoms with Gasteiger partial charge < -0.3 is 5.32 Å². The van der Waals surface area contributed by atoms with Crippen molar-refractivity contribution in [1.82, 2.24) is 29.9 Å². The van der Waals surface area contributed by atoms with Crippen molar-refractivity contribution in [2.24, 2.45) is 0 Å². The maximum Gasteiger partial charge on any atom is 0.417 e. The second-order valence-corrected chi connectivity index (χ2v) is 7.19. The Morgan fingerprint density at radius 1 is 1.14 bits per heavy atom. The minimum atomic E-state index is -4.53. The standard InChI is InChI=1S/C18H20ClF3N6O/c1-9-7-13(18(20,21)22)15-10(2)25-28(17(15)24-9)8-14(29)23-5-6-27-12(4)16(19)11(3)26-27/h7H,5-6,8H2,1-4H3,(H,23,29). The molecule has 0 aliphatic rings. The molecule has 156 valence electrons. The summed E-state index contributed by atoms with van der Waals surface area (Å²) >= 11 is 6.09. The highest BCUT2D eigenvalue weighted by Crippen LogP contribution is 2.36. The summed E-state index contributed by atoms with van der Waals surface area (Å²) in [6, 6.07) is 0.987. The van der Waals surface area contributed by atoms with Crippen LogP contribution in [0.2, 0.25) is 5.02 Å². The van der Waals surface area contributed by atoms with E-state index >= 15 is 0 Å². The number of halogens is 4. The van der Waals surface area contributed by atoms with E-state index in [1.165, 1.54) is 18.5 Å². The van der Waals surface area contributed by atoms with E-state index in [4.69, 9.17) is 11.6 Å². The minimum absolute atomic E-state index is 0.0373. The van der Waals surface area contributed by atoms with Gasteiger partial charge in [-0.05, 0) is 33.8 Å². The number of fused-ring (bicyclic) bond motifs is 1. The molecule has 0 aliphatic heterocycles. The molecular weight excluding hydrogens is 409 g/mol. The lowest BCUT2D eigenvalue weighted by Crippen LogP contribution is -2.31. The fourth-order valence-corrected chi connectivity index (χ4v) is 3.33. The highest BCUT2D eigenvalue weighted by Gasteiger charge is 2.35. The number of hydrogen-bond acceptors (Lipinski definition) is 4. The lowest BCUT2D eigenvalue weighted by atomic mass is 10.1. The second kappa shape index (κ2) is 7.66. The summed E-state index contributed by atoms with van der Waals surface area (Å²) in [5, 5.41) is 11.6. The van der Waals surface area contributed by atoms with E-state index in [9.17, 15) is 18.0 Å². The van der Waals surface area contributed by atoms with Gasteiger partial charge in [0.05, 0.1) is 39.6 Å². The van der Waals surface area contributed by atoms with Gasteiger partial charge in [0.2, 0.25) is 5.91 Å². The summed E-state index contributed by atoms with van der Waals surface area (Å²) in [7, 11) is 0. The van der Waals surface area contributed by atoms with Crippen LogP contribution in [0.4, 0.5) is 13.2 Å². The number of nitrogens with one attached hydrogen (secondary N) is 1. The van der Waals surface area contributed by atoms with Crippen LogP contribution in [0.3, 0.4) is 0 Å². The van der Waals surface area contributed by atoms with E-state index in [2.05, 4.69) is 20.5 Å². The first-order valence-electron chi connectivity index (χ1n) is 8.87. The zero-order chi connectivity index (χ0) is 21.5. The molecule has 11 heteroatoms. The largest absolute Gasteiger partial charge is 0.417 e. The van der Waals surface area contributed by atoms with Gasteiger partial charge in [0.25, 0.3) is 0 Å². The molecule has 0 aliphatic carbocycles. The summed E-state index contributed by atoms with van der Waals surface area (Å²) < 4.78 is 43.0. The van der Waals surface area contributed by atoms with Crippen LogP contribution in [0.5, 0.6) is 0 Å². The van der Waals surface area contributed by atoms with Crippen LogP contribution in [0.1, 0.15) is 28.3 Å². The first-order chi connectivity index (χ1) is 13.5. The van der Waals surface area contributed by atoms with Crippen molar-refractivity contribution >= 4 is 28.5 Å². The van der Waals surface area contributed by atoms with E-state index in [-0.39, 0.29) is 41.4 Å². The number of pyridine rings is 1. The van der Waals surface area contributed by atoms with Crippen molar-refractivity contribution in [3.8, 4) is 0 Å². The third kappa shape index (κ3) is 4.21. The van der Waals surface area contributed by atoms with Crippen molar-refractivity contribution in [3.63, 3.8) is 0 Å².